The highest BCUT2D eigenvalue weighted by Crippen LogP contribution is 2.62. The van der Waals surface area contributed by atoms with Crippen LogP contribution in [0, 0.1) is 16.7 Å². The van der Waals surface area contributed by atoms with E-state index >= 15 is 0 Å². The summed E-state index contributed by atoms with van der Waals surface area (Å²) in [4.78, 5) is 21.5. The number of unbranched alkanes of at least 4 members (excludes halogenated alkanes) is 1. The van der Waals surface area contributed by atoms with Crippen LogP contribution in [0.4, 0.5) is 5.13 Å². The quantitative estimate of drug-likeness (QED) is 0.536. The van der Waals surface area contributed by atoms with Crippen LogP contribution in [0.5, 0.6) is 0 Å². The molecule has 0 bridgehead atoms. The van der Waals surface area contributed by atoms with Gasteiger partial charge in [0.25, 0.3) is 0 Å². The molecule has 0 aromatic carbocycles. The van der Waals surface area contributed by atoms with Crippen molar-refractivity contribution >= 4 is 22.4 Å². The largest absolute Gasteiger partial charge is 0.396 e. The van der Waals surface area contributed by atoms with Crippen LogP contribution in [-0.2, 0) is 16.0 Å². The number of hydrogen-bond acceptors (Lipinski definition) is 7. The molecule has 8 heteroatoms. The number of hydrogen-bond donors (Lipinski definition) is 3. The number of amides is 1. The van der Waals surface area contributed by atoms with Gasteiger partial charge in [0.15, 0.2) is 5.13 Å². The molecule has 1 aromatic rings. The van der Waals surface area contributed by atoms with Crippen LogP contribution in [0.15, 0.2) is 0 Å². The maximum atomic E-state index is 13.3. The molecule has 1 amide bonds. The lowest BCUT2D eigenvalue weighted by Crippen LogP contribution is -2.58. The van der Waals surface area contributed by atoms with E-state index in [9.17, 15) is 15.0 Å². The normalized spacial score (nSPS) is 34.7. The van der Waals surface area contributed by atoms with Crippen molar-refractivity contribution in [2.24, 2.45) is 16.7 Å². The minimum absolute atomic E-state index is 0.0112. The Morgan fingerprint density at radius 3 is 2.78 bits per heavy atom. The molecule has 2 aliphatic carbocycles. The van der Waals surface area contributed by atoms with E-state index in [0.29, 0.717) is 39.1 Å². The van der Waals surface area contributed by atoms with Gasteiger partial charge in [0.05, 0.1) is 31.6 Å². The lowest BCUT2D eigenvalue weighted by molar-refractivity contribution is -0.149. The summed E-state index contributed by atoms with van der Waals surface area (Å²) in [5.41, 5.74) is 0.288. The first kappa shape index (κ1) is 23.9. The highest BCUT2D eigenvalue weighted by molar-refractivity contribution is 7.15. The molecule has 1 saturated carbocycles. The third-order valence-corrected chi connectivity index (χ3v) is 9.49. The zero-order valence-electron chi connectivity index (χ0n) is 19.7. The van der Waals surface area contributed by atoms with Crippen LogP contribution in [0.3, 0.4) is 0 Å². The number of aliphatic hydroxyl groups excluding tert-OH is 2. The zero-order valence-corrected chi connectivity index (χ0v) is 20.5. The number of morpholine rings is 1. The predicted molar refractivity (Wildman–Crippen MR) is 126 cm³/mol. The van der Waals surface area contributed by atoms with E-state index in [1.165, 1.54) is 4.88 Å². The molecule has 5 unspecified atom stereocenters. The van der Waals surface area contributed by atoms with Crippen LogP contribution in [0.25, 0.3) is 0 Å². The van der Waals surface area contributed by atoms with Gasteiger partial charge in [0.1, 0.15) is 0 Å². The van der Waals surface area contributed by atoms with Gasteiger partial charge in [-0.25, -0.2) is 4.98 Å². The van der Waals surface area contributed by atoms with Crippen molar-refractivity contribution in [3.63, 3.8) is 0 Å². The standard InChI is InChI=1S/C24H39N3O4S/c1-4-5-8-25-22-26-21-16(13-20(30)27-9-11-31-12-10-27)23(2)7-6-19(29)24(3,15-28)18(23)14-17(21)32-22/h16,18-19,28-29H,4-15H2,1-3H3,(H,25,26). The Kier molecular flexibility index (Phi) is 7.15. The van der Waals surface area contributed by atoms with Gasteiger partial charge in [-0.2, -0.15) is 0 Å². The number of carbonyl (C=O) groups excluding carboxylic acids is 1. The smallest absolute Gasteiger partial charge is 0.223 e. The summed E-state index contributed by atoms with van der Waals surface area (Å²) in [6, 6.07) is 0. The molecule has 4 rings (SSSR count). The van der Waals surface area contributed by atoms with Crippen LogP contribution >= 0.6 is 11.3 Å². The Morgan fingerprint density at radius 1 is 1.34 bits per heavy atom. The minimum Gasteiger partial charge on any atom is -0.396 e. The van der Waals surface area contributed by atoms with Gasteiger partial charge in [0, 0.05) is 42.3 Å². The van der Waals surface area contributed by atoms with Crippen molar-refractivity contribution in [2.75, 3.05) is 44.8 Å². The number of carbonyl (C=O) groups is 1. The van der Waals surface area contributed by atoms with E-state index in [1.54, 1.807) is 11.3 Å². The lowest BCUT2D eigenvalue weighted by atomic mass is 9.47. The van der Waals surface area contributed by atoms with Crippen molar-refractivity contribution in [1.82, 2.24) is 9.88 Å². The highest BCUT2D eigenvalue weighted by atomic mass is 32.1. The van der Waals surface area contributed by atoms with E-state index in [0.717, 1.165) is 43.1 Å². The van der Waals surface area contributed by atoms with Crippen molar-refractivity contribution in [1.29, 1.82) is 0 Å². The number of thiazole rings is 1. The molecule has 0 spiro atoms. The number of rotatable bonds is 7. The van der Waals surface area contributed by atoms with Crippen molar-refractivity contribution in [3.8, 4) is 0 Å². The summed E-state index contributed by atoms with van der Waals surface area (Å²) < 4.78 is 5.44. The Labute approximate surface area is 195 Å². The molecule has 3 aliphatic rings. The van der Waals surface area contributed by atoms with Crippen molar-refractivity contribution < 1.29 is 19.7 Å². The molecular weight excluding hydrogens is 426 g/mol. The first-order valence-corrected chi connectivity index (χ1v) is 13.0. The number of aliphatic hydroxyl groups is 2. The third-order valence-electron chi connectivity index (χ3n) is 8.44. The van der Waals surface area contributed by atoms with E-state index in [4.69, 9.17) is 9.72 Å². The number of nitrogens with one attached hydrogen (secondary N) is 1. The topological polar surface area (TPSA) is 94.9 Å². The number of nitrogens with zero attached hydrogens (tertiary/aromatic N) is 2. The molecule has 5 atom stereocenters. The molecular formula is C24H39N3O4S. The van der Waals surface area contributed by atoms with Gasteiger partial charge < -0.3 is 25.2 Å². The SMILES string of the molecule is CCCCNc1nc2c(s1)CC1C(C)(CO)C(O)CCC1(C)C2CC(=O)N1CCOCC1. The molecule has 3 N–H and O–H groups in total. The fourth-order valence-electron chi connectivity index (χ4n) is 6.21. The van der Waals surface area contributed by atoms with E-state index in [-0.39, 0.29) is 29.8 Å². The lowest BCUT2D eigenvalue weighted by Gasteiger charge is -2.58. The van der Waals surface area contributed by atoms with Crippen LogP contribution in [0.2, 0.25) is 0 Å². The molecule has 7 nitrogen and oxygen atoms in total. The molecule has 32 heavy (non-hydrogen) atoms. The van der Waals surface area contributed by atoms with E-state index in [2.05, 4.69) is 19.2 Å². The van der Waals surface area contributed by atoms with Crippen LogP contribution in [0.1, 0.15) is 69.4 Å². The number of fused-ring (bicyclic) bond motifs is 2. The highest BCUT2D eigenvalue weighted by Gasteiger charge is 2.59. The Hall–Kier alpha value is -1.22. The summed E-state index contributed by atoms with van der Waals surface area (Å²) in [6.07, 6.45) is 4.40. The first-order valence-electron chi connectivity index (χ1n) is 12.2. The van der Waals surface area contributed by atoms with Gasteiger partial charge >= 0.3 is 0 Å². The maximum absolute atomic E-state index is 13.3. The summed E-state index contributed by atoms with van der Waals surface area (Å²) in [7, 11) is 0. The second-order valence-electron chi connectivity index (χ2n) is 10.3. The van der Waals surface area contributed by atoms with Gasteiger partial charge in [0.2, 0.25) is 5.91 Å². The summed E-state index contributed by atoms with van der Waals surface area (Å²) in [6.45, 7) is 9.79. The molecule has 2 heterocycles. The van der Waals surface area contributed by atoms with E-state index in [1.807, 2.05) is 11.8 Å². The molecule has 1 aromatic heterocycles. The van der Waals surface area contributed by atoms with Crippen molar-refractivity contribution in [2.45, 2.75) is 71.3 Å². The Balaban J connectivity index is 1.68. The molecule has 1 aliphatic heterocycles. The second kappa shape index (κ2) is 9.57. The molecule has 0 radical (unpaired) electrons. The van der Waals surface area contributed by atoms with Crippen LogP contribution in [-0.4, -0.2) is 71.6 Å². The minimum atomic E-state index is -0.579. The summed E-state index contributed by atoms with van der Waals surface area (Å²) in [5.74, 6) is 0.252. The number of aromatic nitrogens is 1. The first-order chi connectivity index (χ1) is 15.3. The molecule has 1 saturated heterocycles. The number of anilines is 1. The van der Waals surface area contributed by atoms with Gasteiger partial charge in [-0.15, -0.1) is 11.3 Å². The van der Waals surface area contributed by atoms with Gasteiger partial charge in [-0.1, -0.05) is 27.2 Å². The third kappa shape index (κ3) is 4.19. The molecule has 180 valence electrons. The fourth-order valence-corrected chi connectivity index (χ4v) is 7.30. The fraction of sp³-hybridized carbons (Fsp3) is 0.833. The summed E-state index contributed by atoms with van der Waals surface area (Å²) >= 11 is 1.69. The molecule has 2 fully saturated rings. The Bertz CT molecular complexity index is 811. The van der Waals surface area contributed by atoms with Crippen LogP contribution < -0.4 is 5.32 Å². The second-order valence-corrected chi connectivity index (χ2v) is 11.4. The summed E-state index contributed by atoms with van der Waals surface area (Å²) in [5, 5.41) is 25.7. The predicted octanol–water partition coefficient (Wildman–Crippen LogP) is 3.02. The maximum Gasteiger partial charge on any atom is 0.223 e. The average Bonchev–Trinajstić information content (AvgIpc) is 3.21. The van der Waals surface area contributed by atoms with Gasteiger partial charge in [-0.3, -0.25) is 4.79 Å². The van der Waals surface area contributed by atoms with Gasteiger partial charge in [-0.05, 0) is 37.0 Å². The monoisotopic (exact) mass is 465 g/mol. The number of ether oxygens (including phenoxy) is 1. The average molecular weight is 466 g/mol. The van der Waals surface area contributed by atoms with E-state index < -0.39 is 11.5 Å². The zero-order chi connectivity index (χ0) is 22.9. The Morgan fingerprint density at radius 2 is 2.09 bits per heavy atom. The van der Waals surface area contributed by atoms with Crippen molar-refractivity contribution in [3.05, 3.63) is 10.6 Å².